The molecule has 0 unspecified atom stereocenters. The van der Waals surface area contributed by atoms with E-state index in [4.69, 9.17) is 4.74 Å². The Morgan fingerprint density at radius 2 is 1.86 bits per heavy atom. The first-order valence-corrected chi connectivity index (χ1v) is 12.7. The van der Waals surface area contributed by atoms with E-state index in [1.807, 2.05) is 75.4 Å². The van der Waals surface area contributed by atoms with Crippen molar-refractivity contribution in [3.8, 4) is 0 Å². The number of aryl methyl sites for hydroxylation is 1. The lowest BCUT2D eigenvalue weighted by atomic mass is 9.97. The molecule has 3 rings (SSSR count). The Morgan fingerprint density at radius 1 is 1.19 bits per heavy atom. The zero-order valence-electron chi connectivity index (χ0n) is 20.8. The van der Waals surface area contributed by atoms with Crippen LogP contribution in [-0.2, 0) is 27.3 Å². The summed E-state index contributed by atoms with van der Waals surface area (Å²) in [6.45, 7) is 9.46. The fraction of sp³-hybridized carbons (Fsp3) is 0.370. The molecule has 192 valence electrons. The molecule has 3 amide bonds. The minimum absolute atomic E-state index is 0.189. The van der Waals surface area contributed by atoms with E-state index in [1.54, 1.807) is 0 Å². The van der Waals surface area contributed by atoms with Crippen molar-refractivity contribution in [1.82, 2.24) is 15.5 Å². The molecule has 1 saturated heterocycles. The van der Waals surface area contributed by atoms with Gasteiger partial charge in [-0.05, 0) is 43.9 Å². The number of ether oxygens (including phenoxy) is 1. The van der Waals surface area contributed by atoms with Gasteiger partial charge in [0.1, 0.15) is 6.04 Å². The van der Waals surface area contributed by atoms with Gasteiger partial charge in [-0.2, -0.15) is 0 Å². The lowest BCUT2D eigenvalue weighted by Gasteiger charge is -2.33. The molecule has 1 aliphatic heterocycles. The molecule has 3 N–H and O–H groups in total. The van der Waals surface area contributed by atoms with Crippen LogP contribution in [0.1, 0.15) is 30.5 Å². The van der Waals surface area contributed by atoms with Crippen molar-refractivity contribution in [3.63, 3.8) is 0 Å². The van der Waals surface area contributed by atoms with E-state index in [9.17, 15) is 19.5 Å². The lowest BCUT2D eigenvalue weighted by Crippen LogP contribution is -2.58. The Labute approximate surface area is 216 Å². The molecular formula is C27H33N3O5S. The smallest absolute Gasteiger partial charge is 0.412 e. The van der Waals surface area contributed by atoms with E-state index in [2.05, 4.69) is 17.2 Å². The maximum Gasteiger partial charge on any atom is 0.412 e. The van der Waals surface area contributed by atoms with Crippen LogP contribution in [0, 0.1) is 6.92 Å². The van der Waals surface area contributed by atoms with Crippen LogP contribution in [0.15, 0.2) is 67.4 Å². The van der Waals surface area contributed by atoms with Crippen LogP contribution in [0.25, 0.3) is 0 Å². The van der Waals surface area contributed by atoms with Crippen LogP contribution < -0.4 is 10.6 Å². The summed E-state index contributed by atoms with van der Waals surface area (Å²) >= 11 is 1.46. The average molecular weight is 512 g/mol. The van der Waals surface area contributed by atoms with Gasteiger partial charge in [0.25, 0.3) is 5.91 Å². The first-order chi connectivity index (χ1) is 17.1. The van der Waals surface area contributed by atoms with Crippen LogP contribution >= 0.6 is 11.8 Å². The molecule has 0 aliphatic carbocycles. The van der Waals surface area contributed by atoms with Crippen LogP contribution in [0.2, 0.25) is 0 Å². The molecule has 3 atom stereocenters. The maximum absolute atomic E-state index is 13.5. The summed E-state index contributed by atoms with van der Waals surface area (Å²) in [4.78, 5) is 40.3. The normalized spacial score (nSPS) is 18.1. The van der Waals surface area contributed by atoms with Crippen LogP contribution in [0.4, 0.5) is 4.79 Å². The molecule has 0 spiro atoms. The molecule has 0 bridgehead atoms. The van der Waals surface area contributed by atoms with E-state index < -0.39 is 34.9 Å². The molecular weight excluding hydrogens is 478 g/mol. The Morgan fingerprint density at radius 3 is 2.53 bits per heavy atom. The Hall–Kier alpha value is -3.30. The summed E-state index contributed by atoms with van der Waals surface area (Å²) in [7, 11) is 0. The number of carbonyl (C=O) groups is 3. The monoisotopic (exact) mass is 511 g/mol. The SMILES string of the molecule is C=COC(=O)N[C@@H](Cc1ccccc1)[C@H](O)C(=O)N1CSC(C)(C)[C@H]1C(=O)NCc1ccccc1C. The molecule has 1 fully saturated rings. The molecule has 9 heteroatoms. The van der Waals surface area contributed by atoms with Gasteiger partial charge >= 0.3 is 6.09 Å². The average Bonchev–Trinajstić information content (AvgIpc) is 3.17. The molecule has 0 aromatic heterocycles. The summed E-state index contributed by atoms with van der Waals surface area (Å²) in [5.74, 6) is -0.697. The fourth-order valence-electron chi connectivity index (χ4n) is 4.21. The third kappa shape index (κ3) is 6.67. The number of nitrogens with one attached hydrogen (secondary N) is 2. The van der Waals surface area contributed by atoms with Crippen molar-refractivity contribution >= 4 is 29.7 Å². The van der Waals surface area contributed by atoms with Crippen molar-refractivity contribution in [2.24, 2.45) is 0 Å². The van der Waals surface area contributed by atoms with Gasteiger partial charge in [0.2, 0.25) is 5.91 Å². The Balaban J connectivity index is 1.78. The number of benzene rings is 2. The number of amides is 3. The molecule has 36 heavy (non-hydrogen) atoms. The van der Waals surface area contributed by atoms with Gasteiger partial charge in [0.15, 0.2) is 6.10 Å². The van der Waals surface area contributed by atoms with Crippen molar-refractivity contribution in [1.29, 1.82) is 0 Å². The molecule has 2 aromatic carbocycles. The van der Waals surface area contributed by atoms with Gasteiger partial charge in [-0.1, -0.05) is 61.2 Å². The van der Waals surface area contributed by atoms with Crippen LogP contribution in [-0.4, -0.2) is 56.7 Å². The number of nitrogens with zero attached hydrogens (tertiary/aromatic N) is 1. The van der Waals surface area contributed by atoms with Gasteiger partial charge in [-0.3, -0.25) is 9.59 Å². The molecule has 2 aromatic rings. The third-order valence-corrected chi connectivity index (χ3v) is 7.59. The standard InChI is InChI=1S/C27H33N3O5S/c1-5-35-26(34)29-21(15-19-12-7-6-8-13-19)22(31)25(33)30-17-36-27(3,4)23(30)24(32)28-16-20-14-10-9-11-18(20)2/h5-14,21-23,31H,1,15-17H2,2-4H3,(H,28,32)(H,29,34)/t21-,22-,23+/m0/s1. The highest BCUT2D eigenvalue weighted by molar-refractivity contribution is 8.00. The van der Waals surface area contributed by atoms with Crippen molar-refractivity contribution in [2.45, 2.75) is 56.7 Å². The van der Waals surface area contributed by atoms with E-state index in [0.29, 0.717) is 6.54 Å². The Bertz CT molecular complexity index is 1090. The van der Waals surface area contributed by atoms with E-state index in [0.717, 1.165) is 23.0 Å². The zero-order valence-corrected chi connectivity index (χ0v) is 21.6. The minimum atomic E-state index is -1.59. The van der Waals surface area contributed by atoms with Crippen molar-refractivity contribution < 1.29 is 24.2 Å². The van der Waals surface area contributed by atoms with Crippen molar-refractivity contribution in [3.05, 3.63) is 84.1 Å². The number of hydrogen-bond acceptors (Lipinski definition) is 6. The summed E-state index contributed by atoms with van der Waals surface area (Å²) in [5.41, 5.74) is 2.86. The number of carbonyl (C=O) groups excluding carboxylic acids is 3. The van der Waals surface area contributed by atoms with Gasteiger partial charge in [0, 0.05) is 11.3 Å². The number of hydrogen-bond donors (Lipinski definition) is 3. The predicted molar refractivity (Wildman–Crippen MR) is 140 cm³/mol. The highest BCUT2D eigenvalue weighted by atomic mass is 32.2. The summed E-state index contributed by atoms with van der Waals surface area (Å²) < 4.78 is 4.18. The lowest BCUT2D eigenvalue weighted by molar-refractivity contribution is -0.147. The van der Waals surface area contributed by atoms with Gasteiger partial charge < -0.3 is 25.4 Å². The van der Waals surface area contributed by atoms with E-state index >= 15 is 0 Å². The maximum atomic E-state index is 13.5. The highest BCUT2D eigenvalue weighted by Crippen LogP contribution is 2.40. The molecule has 1 heterocycles. The van der Waals surface area contributed by atoms with Gasteiger partial charge in [-0.25, -0.2) is 4.79 Å². The first-order valence-electron chi connectivity index (χ1n) is 11.7. The zero-order chi connectivity index (χ0) is 26.3. The summed E-state index contributed by atoms with van der Waals surface area (Å²) in [6.07, 6.45) is -1.27. The van der Waals surface area contributed by atoms with Crippen LogP contribution in [0.5, 0.6) is 0 Å². The van der Waals surface area contributed by atoms with E-state index in [-0.39, 0.29) is 18.2 Å². The highest BCUT2D eigenvalue weighted by Gasteiger charge is 2.49. The number of aliphatic hydroxyl groups is 1. The summed E-state index contributed by atoms with van der Waals surface area (Å²) in [6, 6.07) is 15.2. The largest absolute Gasteiger partial charge is 0.419 e. The summed E-state index contributed by atoms with van der Waals surface area (Å²) in [5, 5.41) is 16.6. The Kier molecular flexibility index (Phi) is 9.17. The number of thioether (sulfide) groups is 1. The quantitative estimate of drug-likeness (QED) is 0.447. The second kappa shape index (κ2) is 12.1. The number of alkyl carbamates (subject to hydrolysis) is 1. The topological polar surface area (TPSA) is 108 Å². The van der Waals surface area contributed by atoms with Crippen molar-refractivity contribution in [2.75, 3.05) is 5.88 Å². The fourth-order valence-corrected chi connectivity index (χ4v) is 5.35. The number of rotatable bonds is 9. The van der Waals surface area contributed by atoms with Gasteiger partial charge in [-0.15, -0.1) is 11.8 Å². The molecule has 0 saturated carbocycles. The third-order valence-electron chi connectivity index (χ3n) is 6.22. The van der Waals surface area contributed by atoms with E-state index in [1.165, 1.54) is 16.7 Å². The van der Waals surface area contributed by atoms with Gasteiger partial charge in [0.05, 0.1) is 18.2 Å². The van der Waals surface area contributed by atoms with Crippen LogP contribution in [0.3, 0.4) is 0 Å². The molecule has 0 radical (unpaired) electrons. The molecule has 8 nitrogen and oxygen atoms in total. The second-order valence-electron chi connectivity index (χ2n) is 9.19. The first kappa shape index (κ1) is 27.3. The minimum Gasteiger partial charge on any atom is -0.419 e. The predicted octanol–water partition coefficient (Wildman–Crippen LogP) is 3.13. The molecule has 1 aliphatic rings. The second-order valence-corrected chi connectivity index (χ2v) is 10.8. The number of aliphatic hydroxyl groups excluding tert-OH is 1.